The van der Waals surface area contributed by atoms with Crippen LogP contribution in [0.2, 0.25) is 0 Å². The number of rotatable bonds is 1. The van der Waals surface area contributed by atoms with E-state index in [1.54, 1.807) is 0 Å². The number of epoxide rings is 1. The molecular formula is C10H18O2. The average Bonchev–Trinajstić information content (AvgIpc) is 2.73. The predicted molar refractivity (Wildman–Crippen MR) is 46.8 cm³/mol. The largest absolute Gasteiger partial charge is 0.347 e. The van der Waals surface area contributed by atoms with Crippen molar-refractivity contribution in [2.24, 2.45) is 5.92 Å². The Morgan fingerprint density at radius 3 is 2.83 bits per heavy atom. The van der Waals surface area contributed by atoms with Crippen molar-refractivity contribution in [1.82, 2.24) is 0 Å². The maximum absolute atomic E-state index is 5.68. The molecule has 4 atom stereocenters. The monoisotopic (exact) mass is 170 g/mol. The smallest absolute Gasteiger partial charge is 0.184 e. The molecule has 2 aliphatic rings. The standard InChI is InChI=1S/C10H18O2/c1-3-8-6-4-5-7(2)11-10-9(8)12-10/h7-10H,3-6H2,1-2H3. The zero-order chi connectivity index (χ0) is 8.55. The summed E-state index contributed by atoms with van der Waals surface area (Å²) in [5.74, 6) is 0.752. The fraction of sp³-hybridized carbons (Fsp3) is 1.00. The molecule has 12 heavy (non-hydrogen) atoms. The summed E-state index contributed by atoms with van der Waals surface area (Å²) in [6.45, 7) is 4.39. The van der Waals surface area contributed by atoms with E-state index >= 15 is 0 Å². The molecule has 0 spiro atoms. The lowest BCUT2D eigenvalue weighted by Crippen LogP contribution is -2.20. The van der Waals surface area contributed by atoms with E-state index in [-0.39, 0.29) is 6.29 Å². The van der Waals surface area contributed by atoms with Crippen LogP contribution in [0.5, 0.6) is 0 Å². The van der Waals surface area contributed by atoms with Gasteiger partial charge in [-0.25, -0.2) is 0 Å². The van der Waals surface area contributed by atoms with E-state index in [0.29, 0.717) is 12.2 Å². The van der Waals surface area contributed by atoms with Gasteiger partial charge >= 0.3 is 0 Å². The van der Waals surface area contributed by atoms with Crippen LogP contribution in [0.4, 0.5) is 0 Å². The third-order valence-electron chi connectivity index (χ3n) is 3.02. The van der Waals surface area contributed by atoms with E-state index in [9.17, 15) is 0 Å². The molecule has 0 amide bonds. The highest BCUT2D eigenvalue weighted by Crippen LogP contribution is 2.38. The minimum atomic E-state index is 0.144. The second-order valence-corrected chi connectivity index (χ2v) is 4.02. The molecule has 0 N–H and O–H groups in total. The number of hydrogen-bond acceptors (Lipinski definition) is 2. The van der Waals surface area contributed by atoms with E-state index in [1.807, 2.05) is 0 Å². The maximum Gasteiger partial charge on any atom is 0.184 e. The highest BCUT2D eigenvalue weighted by atomic mass is 16.8. The summed E-state index contributed by atoms with van der Waals surface area (Å²) < 4.78 is 11.2. The molecular weight excluding hydrogens is 152 g/mol. The van der Waals surface area contributed by atoms with E-state index in [0.717, 1.165) is 5.92 Å². The molecule has 2 aliphatic heterocycles. The fourth-order valence-electron chi connectivity index (χ4n) is 2.12. The van der Waals surface area contributed by atoms with Gasteiger partial charge in [0.15, 0.2) is 6.29 Å². The number of ether oxygens (including phenoxy) is 2. The lowest BCUT2D eigenvalue weighted by atomic mass is 9.94. The Morgan fingerprint density at radius 2 is 2.08 bits per heavy atom. The molecule has 2 nitrogen and oxygen atoms in total. The summed E-state index contributed by atoms with van der Waals surface area (Å²) in [7, 11) is 0. The van der Waals surface area contributed by atoms with Crippen LogP contribution < -0.4 is 0 Å². The van der Waals surface area contributed by atoms with Crippen LogP contribution in [0.1, 0.15) is 39.5 Å². The first-order valence-electron chi connectivity index (χ1n) is 5.12. The predicted octanol–water partition coefficient (Wildman–Crippen LogP) is 2.33. The Labute approximate surface area is 74.2 Å². The number of hydrogen-bond donors (Lipinski definition) is 0. The lowest BCUT2D eigenvalue weighted by molar-refractivity contribution is -0.00857. The van der Waals surface area contributed by atoms with Crippen molar-refractivity contribution in [1.29, 1.82) is 0 Å². The van der Waals surface area contributed by atoms with Gasteiger partial charge in [0.25, 0.3) is 0 Å². The molecule has 0 aliphatic carbocycles. The van der Waals surface area contributed by atoms with Crippen molar-refractivity contribution >= 4 is 0 Å². The second kappa shape index (κ2) is 3.35. The van der Waals surface area contributed by atoms with Gasteiger partial charge < -0.3 is 9.47 Å². The van der Waals surface area contributed by atoms with Crippen LogP contribution in [0.25, 0.3) is 0 Å². The molecule has 2 fully saturated rings. The van der Waals surface area contributed by atoms with Crippen molar-refractivity contribution < 1.29 is 9.47 Å². The minimum absolute atomic E-state index is 0.144. The van der Waals surface area contributed by atoms with E-state index in [2.05, 4.69) is 13.8 Å². The zero-order valence-electron chi connectivity index (χ0n) is 7.95. The second-order valence-electron chi connectivity index (χ2n) is 4.02. The minimum Gasteiger partial charge on any atom is -0.347 e. The van der Waals surface area contributed by atoms with Crippen LogP contribution in [-0.2, 0) is 9.47 Å². The molecule has 0 bridgehead atoms. The van der Waals surface area contributed by atoms with E-state index in [4.69, 9.17) is 9.47 Å². The van der Waals surface area contributed by atoms with Gasteiger partial charge in [0.1, 0.15) is 6.10 Å². The first-order chi connectivity index (χ1) is 5.81. The molecule has 0 radical (unpaired) electrons. The topological polar surface area (TPSA) is 21.8 Å². The zero-order valence-corrected chi connectivity index (χ0v) is 7.95. The normalized spacial score (nSPS) is 47.5. The molecule has 70 valence electrons. The Hall–Kier alpha value is -0.0800. The molecule has 0 aromatic rings. The summed E-state index contributed by atoms with van der Waals surface area (Å²) in [5.41, 5.74) is 0. The summed E-state index contributed by atoms with van der Waals surface area (Å²) in [6.07, 6.45) is 6.03. The van der Waals surface area contributed by atoms with Gasteiger partial charge in [-0.1, -0.05) is 19.8 Å². The maximum atomic E-state index is 5.68. The van der Waals surface area contributed by atoms with Gasteiger partial charge in [0.05, 0.1) is 6.10 Å². The summed E-state index contributed by atoms with van der Waals surface area (Å²) in [6, 6.07) is 0. The Balaban J connectivity index is 1.90. The van der Waals surface area contributed by atoms with Gasteiger partial charge in [-0.15, -0.1) is 0 Å². The molecule has 2 heterocycles. The fourth-order valence-corrected chi connectivity index (χ4v) is 2.12. The Morgan fingerprint density at radius 1 is 1.25 bits per heavy atom. The van der Waals surface area contributed by atoms with Gasteiger partial charge in [0, 0.05) is 0 Å². The molecule has 2 heteroatoms. The Kier molecular flexibility index (Phi) is 2.37. The molecule has 4 unspecified atom stereocenters. The van der Waals surface area contributed by atoms with Crippen molar-refractivity contribution in [2.45, 2.75) is 58.0 Å². The van der Waals surface area contributed by atoms with Crippen molar-refractivity contribution in [3.8, 4) is 0 Å². The first-order valence-corrected chi connectivity index (χ1v) is 5.12. The van der Waals surface area contributed by atoms with Crippen molar-refractivity contribution in [3.05, 3.63) is 0 Å². The highest BCUT2D eigenvalue weighted by Gasteiger charge is 2.46. The average molecular weight is 170 g/mol. The van der Waals surface area contributed by atoms with Crippen molar-refractivity contribution in [2.75, 3.05) is 0 Å². The summed E-state index contributed by atoms with van der Waals surface area (Å²) in [5, 5.41) is 0. The molecule has 2 rings (SSSR count). The van der Waals surface area contributed by atoms with Crippen molar-refractivity contribution in [3.63, 3.8) is 0 Å². The van der Waals surface area contributed by atoms with Crippen LogP contribution in [0.3, 0.4) is 0 Å². The molecule has 2 saturated heterocycles. The van der Waals surface area contributed by atoms with Crippen LogP contribution in [0.15, 0.2) is 0 Å². The first kappa shape index (κ1) is 8.52. The van der Waals surface area contributed by atoms with Gasteiger partial charge in [0.2, 0.25) is 0 Å². The molecule has 0 saturated carbocycles. The third-order valence-corrected chi connectivity index (χ3v) is 3.02. The highest BCUT2D eigenvalue weighted by molar-refractivity contribution is 4.86. The Bertz CT molecular complexity index is 158. The SMILES string of the molecule is CCC1CCCC(C)OC2OC12. The quantitative estimate of drug-likeness (QED) is 0.563. The van der Waals surface area contributed by atoms with E-state index < -0.39 is 0 Å². The van der Waals surface area contributed by atoms with Crippen LogP contribution >= 0.6 is 0 Å². The third kappa shape index (κ3) is 1.64. The lowest BCUT2D eigenvalue weighted by Gasteiger charge is -2.18. The van der Waals surface area contributed by atoms with Gasteiger partial charge in [-0.05, 0) is 25.7 Å². The van der Waals surface area contributed by atoms with E-state index in [1.165, 1.54) is 25.7 Å². The summed E-state index contributed by atoms with van der Waals surface area (Å²) in [4.78, 5) is 0. The number of fused-ring (bicyclic) bond motifs is 1. The molecule has 0 aromatic heterocycles. The molecule has 0 aromatic carbocycles. The summed E-state index contributed by atoms with van der Waals surface area (Å²) >= 11 is 0. The van der Waals surface area contributed by atoms with Gasteiger partial charge in [-0.3, -0.25) is 0 Å². The van der Waals surface area contributed by atoms with Gasteiger partial charge in [-0.2, -0.15) is 0 Å². The van der Waals surface area contributed by atoms with Crippen LogP contribution in [0, 0.1) is 5.92 Å². The van der Waals surface area contributed by atoms with Crippen LogP contribution in [-0.4, -0.2) is 18.5 Å².